The van der Waals surface area contributed by atoms with Crippen molar-refractivity contribution in [2.24, 2.45) is 0 Å². The molecule has 3 heterocycles. The third kappa shape index (κ3) is 4.04. The van der Waals surface area contributed by atoms with E-state index in [9.17, 15) is 9.59 Å². The maximum atomic E-state index is 13.4. The van der Waals surface area contributed by atoms with Gasteiger partial charge in [0.25, 0.3) is 5.56 Å². The first kappa shape index (κ1) is 21.1. The summed E-state index contributed by atoms with van der Waals surface area (Å²) in [6.07, 6.45) is 3.33. The first-order valence-electron chi connectivity index (χ1n) is 10.6. The molecule has 1 N–H and O–H groups in total. The van der Waals surface area contributed by atoms with Gasteiger partial charge in [-0.05, 0) is 48.5 Å². The van der Waals surface area contributed by atoms with Crippen molar-refractivity contribution in [2.45, 2.75) is 6.61 Å². The van der Waals surface area contributed by atoms with Crippen LogP contribution in [0.1, 0.15) is 15.9 Å². The molecule has 8 heteroatoms. The molecular formula is C26H20N4O4. The molecule has 0 aliphatic heterocycles. The zero-order chi connectivity index (χ0) is 23.5. The molecule has 0 saturated heterocycles. The number of nitrogens with one attached hydrogen (secondary N) is 1. The molecule has 0 aliphatic rings. The number of hydrogen-bond acceptors (Lipinski definition) is 7. The molecular weight excluding hydrogens is 432 g/mol. The Kier molecular flexibility index (Phi) is 5.61. The molecule has 0 aliphatic carbocycles. The van der Waals surface area contributed by atoms with E-state index in [1.54, 1.807) is 48.8 Å². The number of esters is 1. The fraction of sp³-hybridized carbons (Fsp3) is 0.0769. The molecule has 0 saturated carbocycles. The summed E-state index contributed by atoms with van der Waals surface area (Å²) in [4.78, 5) is 34.9. The Morgan fingerprint density at radius 3 is 2.71 bits per heavy atom. The number of fused-ring (bicyclic) bond motifs is 2. The summed E-state index contributed by atoms with van der Waals surface area (Å²) in [6.45, 7) is -0.253. The van der Waals surface area contributed by atoms with Crippen LogP contribution in [-0.2, 0) is 11.3 Å². The van der Waals surface area contributed by atoms with E-state index in [0.29, 0.717) is 22.6 Å². The van der Waals surface area contributed by atoms with Crippen LogP contribution in [0.4, 0.5) is 11.5 Å². The third-order valence-corrected chi connectivity index (χ3v) is 5.35. The lowest BCUT2D eigenvalue weighted by atomic mass is 10.2. The Labute approximate surface area is 194 Å². The summed E-state index contributed by atoms with van der Waals surface area (Å²) in [5, 5.41) is 4.14. The Hall–Kier alpha value is -4.72. The molecule has 0 atom stereocenters. The molecule has 168 valence electrons. The lowest BCUT2D eigenvalue weighted by Crippen LogP contribution is -2.23. The molecule has 8 nitrogen and oxygen atoms in total. The van der Waals surface area contributed by atoms with Gasteiger partial charge in [0.05, 0.1) is 23.8 Å². The standard InChI is InChI=1S/C26H20N4O4/c1-33-22-10-6-14-30-24(22)29-23(28-19-11-12-21-18(15-19)9-5-13-27-21)20(25(30)31)16-34-26(32)17-7-3-2-4-8-17/h2-15,28H,16H2,1H3. The van der Waals surface area contributed by atoms with Gasteiger partial charge in [0.15, 0.2) is 11.4 Å². The van der Waals surface area contributed by atoms with Gasteiger partial charge in [0, 0.05) is 23.5 Å². The van der Waals surface area contributed by atoms with Crippen molar-refractivity contribution in [1.82, 2.24) is 14.4 Å². The molecule has 0 radical (unpaired) electrons. The Balaban J connectivity index is 1.57. The highest BCUT2D eigenvalue weighted by molar-refractivity contribution is 5.89. The van der Waals surface area contributed by atoms with Crippen molar-refractivity contribution in [2.75, 3.05) is 12.4 Å². The predicted molar refractivity (Wildman–Crippen MR) is 129 cm³/mol. The van der Waals surface area contributed by atoms with Crippen LogP contribution in [0.5, 0.6) is 5.75 Å². The highest BCUT2D eigenvalue weighted by Gasteiger charge is 2.18. The van der Waals surface area contributed by atoms with E-state index in [-0.39, 0.29) is 23.5 Å². The first-order chi connectivity index (χ1) is 16.6. The number of aromatic nitrogens is 3. The van der Waals surface area contributed by atoms with E-state index in [4.69, 9.17) is 9.47 Å². The highest BCUT2D eigenvalue weighted by Crippen LogP contribution is 2.25. The lowest BCUT2D eigenvalue weighted by molar-refractivity contribution is 0.0471. The number of anilines is 2. The molecule has 5 aromatic rings. The number of carbonyl (C=O) groups excluding carboxylic acids is 1. The second-order valence-corrected chi connectivity index (χ2v) is 7.49. The maximum Gasteiger partial charge on any atom is 0.338 e. The highest BCUT2D eigenvalue weighted by atomic mass is 16.5. The summed E-state index contributed by atoms with van der Waals surface area (Å²) >= 11 is 0. The summed E-state index contributed by atoms with van der Waals surface area (Å²) in [5.41, 5.74) is 2.14. The molecule has 0 bridgehead atoms. The molecule has 0 unspecified atom stereocenters. The number of carbonyl (C=O) groups is 1. The number of ether oxygens (including phenoxy) is 2. The summed E-state index contributed by atoms with van der Waals surface area (Å²) in [7, 11) is 1.51. The minimum Gasteiger partial charge on any atom is -0.493 e. The second kappa shape index (κ2) is 9.03. The minimum atomic E-state index is -0.529. The molecule has 0 amide bonds. The molecule has 34 heavy (non-hydrogen) atoms. The van der Waals surface area contributed by atoms with E-state index in [1.807, 2.05) is 36.4 Å². The van der Waals surface area contributed by atoms with Crippen LogP contribution < -0.4 is 15.6 Å². The van der Waals surface area contributed by atoms with Crippen LogP contribution in [-0.4, -0.2) is 27.4 Å². The van der Waals surface area contributed by atoms with Crippen LogP contribution >= 0.6 is 0 Å². The summed E-state index contributed by atoms with van der Waals surface area (Å²) in [5.74, 6) is 0.190. The number of nitrogens with zero attached hydrogens (tertiary/aromatic N) is 3. The fourth-order valence-electron chi connectivity index (χ4n) is 3.65. The van der Waals surface area contributed by atoms with Gasteiger partial charge in [-0.2, -0.15) is 0 Å². The summed E-state index contributed by atoms with van der Waals surface area (Å²) < 4.78 is 12.2. The summed E-state index contributed by atoms with van der Waals surface area (Å²) in [6, 6.07) is 21.5. The van der Waals surface area contributed by atoms with Crippen LogP contribution in [0.3, 0.4) is 0 Å². The van der Waals surface area contributed by atoms with Gasteiger partial charge in [-0.15, -0.1) is 0 Å². The van der Waals surface area contributed by atoms with Gasteiger partial charge in [-0.25, -0.2) is 9.78 Å². The predicted octanol–water partition coefficient (Wildman–Crippen LogP) is 4.35. The molecule has 0 fully saturated rings. The van der Waals surface area contributed by atoms with E-state index in [1.165, 1.54) is 11.5 Å². The normalized spacial score (nSPS) is 10.9. The van der Waals surface area contributed by atoms with Gasteiger partial charge in [-0.3, -0.25) is 14.2 Å². The molecule has 0 spiro atoms. The van der Waals surface area contributed by atoms with Crippen LogP contribution in [0, 0.1) is 0 Å². The quantitative estimate of drug-likeness (QED) is 0.383. The zero-order valence-corrected chi connectivity index (χ0v) is 18.3. The van der Waals surface area contributed by atoms with Crippen molar-refractivity contribution >= 4 is 34.0 Å². The molecule has 5 rings (SSSR count). The van der Waals surface area contributed by atoms with Crippen molar-refractivity contribution in [3.05, 3.63) is 107 Å². The maximum absolute atomic E-state index is 13.4. The van der Waals surface area contributed by atoms with Crippen LogP contribution in [0.25, 0.3) is 16.6 Å². The average molecular weight is 452 g/mol. The number of rotatable bonds is 6. The van der Waals surface area contributed by atoms with Gasteiger partial charge >= 0.3 is 5.97 Å². The second-order valence-electron chi connectivity index (χ2n) is 7.49. The Bertz CT molecular complexity index is 1560. The van der Waals surface area contributed by atoms with Gasteiger partial charge in [0.1, 0.15) is 12.4 Å². The van der Waals surface area contributed by atoms with Gasteiger partial charge < -0.3 is 14.8 Å². The first-order valence-corrected chi connectivity index (χ1v) is 10.6. The van der Waals surface area contributed by atoms with E-state index >= 15 is 0 Å². The van der Waals surface area contributed by atoms with Crippen molar-refractivity contribution in [3.63, 3.8) is 0 Å². The van der Waals surface area contributed by atoms with Crippen LogP contribution in [0.15, 0.2) is 90.0 Å². The average Bonchev–Trinajstić information content (AvgIpc) is 2.88. The van der Waals surface area contributed by atoms with Gasteiger partial charge in [-0.1, -0.05) is 24.3 Å². The van der Waals surface area contributed by atoms with E-state index in [2.05, 4.69) is 15.3 Å². The number of benzene rings is 2. The third-order valence-electron chi connectivity index (χ3n) is 5.35. The SMILES string of the molecule is COc1cccn2c(=O)c(COC(=O)c3ccccc3)c(Nc3ccc4ncccc4c3)nc12. The van der Waals surface area contributed by atoms with E-state index < -0.39 is 5.97 Å². The fourth-order valence-corrected chi connectivity index (χ4v) is 3.65. The Morgan fingerprint density at radius 2 is 1.88 bits per heavy atom. The van der Waals surface area contributed by atoms with Gasteiger partial charge in [0.2, 0.25) is 0 Å². The topological polar surface area (TPSA) is 94.8 Å². The Morgan fingerprint density at radius 1 is 1.03 bits per heavy atom. The molecule has 3 aromatic heterocycles. The van der Waals surface area contributed by atoms with Crippen molar-refractivity contribution < 1.29 is 14.3 Å². The van der Waals surface area contributed by atoms with E-state index in [0.717, 1.165) is 10.9 Å². The van der Waals surface area contributed by atoms with Crippen molar-refractivity contribution in [3.8, 4) is 5.75 Å². The largest absolute Gasteiger partial charge is 0.493 e. The smallest absolute Gasteiger partial charge is 0.338 e. The zero-order valence-electron chi connectivity index (χ0n) is 18.3. The number of methoxy groups -OCH3 is 1. The van der Waals surface area contributed by atoms with Crippen molar-refractivity contribution in [1.29, 1.82) is 0 Å². The number of pyridine rings is 2. The molecule has 2 aromatic carbocycles. The van der Waals surface area contributed by atoms with Crippen LogP contribution in [0.2, 0.25) is 0 Å². The lowest BCUT2D eigenvalue weighted by Gasteiger charge is -2.14. The monoisotopic (exact) mass is 452 g/mol. The minimum absolute atomic E-state index is 0.210. The number of hydrogen-bond donors (Lipinski definition) is 1.